The fourth-order valence-corrected chi connectivity index (χ4v) is 4.47. The molecule has 19 heteroatoms. The summed E-state index contributed by atoms with van der Waals surface area (Å²) in [6.45, 7) is 3.03. The van der Waals surface area contributed by atoms with Crippen LogP contribution in [0.2, 0.25) is 0 Å². The number of ether oxygens (including phenoxy) is 1. The highest BCUT2D eigenvalue weighted by Gasteiger charge is 2.94. The Morgan fingerprint density at radius 3 is 1.23 bits per heavy atom. The lowest BCUT2D eigenvalue weighted by molar-refractivity contribution is -0.449. The molecule has 48 heavy (non-hydrogen) atoms. The van der Waals surface area contributed by atoms with Gasteiger partial charge in [0.05, 0.1) is 6.61 Å². The Kier molecular flexibility index (Phi) is 17.9. The van der Waals surface area contributed by atoms with Gasteiger partial charge in [-0.2, -0.15) is 65.9 Å². The Bertz CT molecular complexity index is 972. The second-order valence-corrected chi connectivity index (χ2v) is 11.5. The molecule has 0 saturated carbocycles. The third-order valence-corrected chi connectivity index (χ3v) is 7.52. The van der Waals surface area contributed by atoms with Crippen molar-refractivity contribution < 1.29 is 80.2 Å². The molecule has 1 amide bonds. The van der Waals surface area contributed by atoms with Gasteiger partial charge in [0, 0.05) is 0 Å². The maximum atomic E-state index is 14.2. The van der Waals surface area contributed by atoms with Crippen LogP contribution >= 0.6 is 0 Å². The molecule has 0 aliphatic rings. The van der Waals surface area contributed by atoms with Crippen molar-refractivity contribution in [2.45, 2.75) is 164 Å². The average molecular weight is 738 g/mol. The van der Waals surface area contributed by atoms with E-state index in [1.807, 2.05) is 0 Å². The fraction of sp³-hybridized carbons (Fsp3) is 0.931. The third-order valence-electron chi connectivity index (χ3n) is 7.52. The average Bonchev–Trinajstić information content (AvgIpc) is 2.97. The third kappa shape index (κ3) is 10.9. The number of carbonyl (C=O) groups excluding carboxylic acids is 2. The molecule has 4 nitrogen and oxygen atoms in total. The Labute approximate surface area is 268 Å². The summed E-state index contributed by atoms with van der Waals surface area (Å²) in [5.74, 6) is -53.8. The molecule has 0 aromatic heterocycles. The van der Waals surface area contributed by atoms with Gasteiger partial charge in [-0.25, -0.2) is 4.79 Å². The monoisotopic (exact) mass is 737 g/mol. The molecule has 1 unspecified atom stereocenters. The van der Waals surface area contributed by atoms with E-state index in [2.05, 4.69) is 6.92 Å². The SMILES string of the molecule is CCCCCCCCCCCCCCCCOC(=O)C(CCC)NC(=O)C(F)(F)C(F)(F)C(F)(F)C(F)(F)C(F)(F)C(F)(F)C(F)(F)F. The van der Waals surface area contributed by atoms with Gasteiger partial charge in [-0.15, -0.1) is 0 Å². The molecule has 286 valence electrons. The topological polar surface area (TPSA) is 55.4 Å². The van der Waals surface area contributed by atoms with Crippen LogP contribution in [0.4, 0.5) is 65.9 Å². The summed E-state index contributed by atoms with van der Waals surface area (Å²) < 4.78 is 206. The Morgan fingerprint density at radius 2 is 0.854 bits per heavy atom. The molecular formula is C29H42F15NO3. The largest absolute Gasteiger partial charge is 0.464 e. The molecule has 0 saturated heterocycles. The molecule has 0 aromatic rings. The summed E-state index contributed by atoms with van der Waals surface area (Å²) in [6, 6.07) is -2.28. The molecule has 1 atom stereocenters. The van der Waals surface area contributed by atoms with Crippen molar-refractivity contribution in [3.8, 4) is 0 Å². The molecule has 0 fully saturated rings. The summed E-state index contributed by atoms with van der Waals surface area (Å²) in [4.78, 5) is 24.1. The lowest BCUT2D eigenvalue weighted by atomic mass is 9.90. The molecule has 0 radical (unpaired) electrons. The molecule has 0 bridgehead atoms. The lowest BCUT2D eigenvalue weighted by Gasteiger charge is -2.41. The van der Waals surface area contributed by atoms with Gasteiger partial charge in [-0.05, 0) is 12.8 Å². The minimum atomic E-state index is -8.51. The van der Waals surface area contributed by atoms with Crippen molar-refractivity contribution in [3.63, 3.8) is 0 Å². The summed E-state index contributed by atoms with van der Waals surface area (Å²) >= 11 is 0. The predicted octanol–water partition coefficient (Wildman–Crippen LogP) is 10.7. The first-order valence-electron chi connectivity index (χ1n) is 15.6. The molecule has 0 rings (SSSR count). The summed E-state index contributed by atoms with van der Waals surface area (Å²) in [5.41, 5.74) is 0. The second-order valence-electron chi connectivity index (χ2n) is 11.5. The quantitative estimate of drug-likeness (QED) is 0.0577. The number of amides is 1. The van der Waals surface area contributed by atoms with Gasteiger partial charge in [-0.3, -0.25) is 4.79 Å². The normalized spacial score (nSPS) is 14.6. The van der Waals surface area contributed by atoms with Crippen molar-refractivity contribution >= 4 is 11.9 Å². The van der Waals surface area contributed by atoms with Gasteiger partial charge in [0.15, 0.2) is 0 Å². The first-order valence-corrected chi connectivity index (χ1v) is 15.6. The maximum Gasteiger partial charge on any atom is 0.460 e. The van der Waals surface area contributed by atoms with Crippen LogP contribution in [0.15, 0.2) is 0 Å². The molecule has 0 heterocycles. The van der Waals surface area contributed by atoms with Crippen molar-refractivity contribution in [3.05, 3.63) is 0 Å². The Morgan fingerprint density at radius 1 is 0.500 bits per heavy atom. The van der Waals surface area contributed by atoms with Crippen LogP contribution in [0.25, 0.3) is 0 Å². The number of unbranched alkanes of at least 4 members (excludes halogenated alkanes) is 13. The smallest absolute Gasteiger partial charge is 0.460 e. The molecule has 1 N–H and O–H groups in total. The van der Waals surface area contributed by atoms with E-state index in [9.17, 15) is 75.4 Å². The van der Waals surface area contributed by atoms with E-state index in [-0.39, 0.29) is 19.4 Å². The fourth-order valence-electron chi connectivity index (χ4n) is 4.47. The number of halogens is 15. The first-order chi connectivity index (χ1) is 21.8. The Hall–Kier alpha value is -2.11. The van der Waals surface area contributed by atoms with Crippen molar-refractivity contribution in [1.29, 1.82) is 0 Å². The van der Waals surface area contributed by atoms with Crippen LogP contribution in [0, 0.1) is 0 Å². The van der Waals surface area contributed by atoms with Crippen molar-refractivity contribution in [2.75, 3.05) is 6.61 Å². The van der Waals surface area contributed by atoms with E-state index in [0.717, 1.165) is 43.8 Å². The number of carbonyl (C=O) groups is 2. The highest BCUT2D eigenvalue weighted by atomic mass is 19.4. The van der Waals surface area contributed by atoms with Gasteiger partial charge in [0.2, 0.25) is 0 Å². The zero-order valence-electron chi connectivity index (χ0n) is 26.5. The van der Waals surface area contributed by atoms with Crippen LogP contribution in [-0.4, -0.2) is 66.2 Å². The number of rotatable bonds is 25. The number of hydrogen-bond acceptors (Lipinski definition) is 3. The molecule has 0 aliphatic heterocycles. The minimum Gasteiger partial charge on any atom is -0.464 e. The van der Waals surface area contributed by atoms with Gasteiger partial charge in [0.1, 0.15) is 6.04 Å². The lowest BCUT2D eigenvalue weighted by Crippen LogP contribution is -2.74. The number of esters is 1. The second kappa shape index (κ2) is 18.8. The first kappa shape index (κ1) is 45.9. The van der Waals surface area contributed by atoms with Crippen molar-refractivity contribution in [2.24, 2.45) is 0 Å². The van der Waals surface area contributed by atoms with Crippen LogP contribution in [-0.2, 0) is 14.3 Å². The van der Waals surface area contributed by atoms with E-state index in [1.165, 1.54) is 45.4 Å². The molecule has 0 spiro atoms. The van der Waals surface area contributed by atoms with Crippen LogP contribution in [0.1, 0.15) is 117 Å². The number of nitrogens with one attached hydrogen (secondary N) is 1. The zero-order valence-corrected chi connectivity index (χ0v) is 26.5. The highest BCUT2D eigenvalue weighted by molar-refractivity contribution is 5.89. The van der Waals surface area contributed by atoms with Gasteiger partial charge >= 0.3 is 47.7 Å². The van der Waals surface area contributed by atoms with Crippen molar-refractivity contribution in [1.82, 2.24) is 5.32 Å². The van der Waals surface area contributed by atoms with Crippen LogP contribution in [0.3, 0.4) is 0 Å². The maximum absolute atomic E-state index is 14.2. The van der Waals surface area contributed by atoms with Gasteiger partial charge in [-0.1, -0.05) is 104 Å². The highest BCUT2D eigenvalue weighted by Crippen LogP contribution is 2.62. The van der Waals surface area contributed by atoms with E-state index in [1.54, 1.807) is 0 Å². The summed E-state index contributed by atoms with van der Waals surface area (Å²) in [6.07, 6.45) is 5.16. The van der Waals surface area contributed by atoms with Gasteiger partial charge in [0.25, 0.3) is 5.91 Å². The van der Waals surface area contributed by atoms with E-state index in [4.69, 9.17) is 4.74 Å². The zero-order chi connectivity index (χ0) is 37.7. The van der Waals surface area contributed by atoms with Crippen LogP contribution < -0.4 is 5.32 Å². The Balaban J connectivity index is 5.16. The standard InChI is InChI=1S/C29H42F15NO3/c1-3-5-6-7-8-9-10-11-12-13-14-15-16-17-19-48-21(46)20(18-4-2)45-22(47)23(30,31)24(32,33)25(34,35)26(36,37)27(38,39)28(40,41)29(42,43)44/h20H,3-19H2,1-2H3,(H,45,47). The molecule has 0 aliphatic carbocycles. The van der Waals surface area contributed by atoms with E-state index < -0.39 is 66.1 Å². The summed E-state index contributed by atoms with van der Waals surface area (Å²) in [7, 11) is 0. The van der Waals surface area contributed by atoms with E-state index >= 15 is 0 Å². The van der Waals surface area contributed by atoms with Gasteiger partial charge < -0.3 is 10.1 Å². The molecule has 0 aromatic carbocycles. The van der Waals surface area contributed by atoms with Crippen LogP contribution in [0.5, 0.6) is 0 Å². The minimum absolute atomic E-state index is 0.187. The predicted molar refractivity (Wildman–Crippen MR) is 144 cm³/mol. The molecular weight excluding hydrogens is 695 g/mol. The summed E-state index contributed by atoms with van der Waals surface area (Å²) in [5, 5.41) is 0.846. The number of hydrogen-bond donors (Lipinski definition) is 1. The number of alkyl halides is 15. The van der Waals surface area contributed by atoms with E-state index in [0.29, 0.717) is 6.42 Å².